The van der Waals surface area contributed by atoms with Gasteiger partial charge in [0.1, 0.15) is 0 Å². The van der Waals surface area contributed by atoms with E-state index >= 15 is 0 Å². The molecule has 1 aliphatic rings. The monoisotopic (exact) mass is 140 g/mol. The number of hydrogen-bond donors (Lipinski definition) is 0. The van der Waals surface area contributed by atoms with Gasteiger partial charge in [0, 0.05) is 0 Å². The molecule has 0 aliphatic carbocycles. The molecule has 4 heteroatoms. The molecule has 1 heterocycles. The fourth-order valence-corrected chi connectivity index (χ4v) is 1.56. The van der Waals surface area contributed by atoms with Gasteiger partial charge >= 0.3 is 59.0 Å². The predicted octanol–water partition coefficient (Wildman–Crippen LogP) is -0.162. The van der Waals surface area contributed by atoms with Crippen molar-refractivity contribution in [3.8, 4) is 0 Å². The van der Waals surface area contributed by atoms with Crippen LogP contribution in [-0.4, -0.2) is 35.5 Å². The molecule has 0 aromatic heterocycles. The second kappa shape index (κ2) is 2.56. The summed E-state index contributed by atoms with van der Waals surface area (Å²) in [7, 11) is 5.46. The van der Waals surface area contributed by atoms with Crippen molar-refractivity contribution in [2.75, 3.05) is 12.3 Å². The van der Waals surface area contributed by atoms with E-state index < -0.39 is 0 Å². The average Bonchev–Trinajstić information content (AvgIpc) is 2.12. The van der Waals surface area contributed by atoms with Crippen molar-refractivity contribution < 1.29 is 4.79 Å². The van der Waals surface area contributed by atoms with Gasteiger partial charge in [-0.3, -0.25) is 0 Å². The Kier molecular flexibility index (Phi) is 1.95. The first kappa shape index (κ1) is 6.87. The molecule has 0 spiro atoms. The normalized spacial score (nSPS) is 19.3. The van der Waals surface area contributed by atoms with Gasteiger partial charge in [-0.1, -0.05) is 0 Å². The number of carbonyl (C=O) groups is 1. The van der Waals surface area contributed by atoms with Gasteiger partial charge in [-0.2, -0.15) is 0 Å². The maximum atomic E-state index is 10.8. The zero-order chi connectivity index (χ0) is 6.85. The average molecular weight is 140 g/mol. The maximum absolute atomic E-state index is 10.8. The number of hydrogen-bond acceptors (Lipinski definition) is 2. The Morgan fingerprint density at radius 1 is 1.89 bits per heavy atom. The minimum absolute atomic E-state index is 0.125. The summed E-state index contributed by atoms with van der Waals surface area (Å²) in [5.41, 5.74) is 0. The van der Waals surface area contributed by atoms with E-state index in [1.807, 2.05) is 6.92 Å². The second-order valence-electron chi connectivity index (χ2n) is 1.76. The Hall–Kier alpha value is -0.245. The first-order chi connectivity index (χ1) is 4.25. The van der Waals surface area contributed by atoms with E-state index in [1.165, 1.54) is 11.8 Å². The van der Waals surface area contributed by atoms with Crippen molar-refractivity contribution in [3.63, 3.8) is 0 Å². The van der Waals surface area contributed by atoms with Crippen LogP contribution in [0.15, 0.2) is 0 Å². The second-order valence-corrected chi connectivity index (χ2v) is 2.76. The van der Waals surface area contributed by atoms with Gasteiger partial charge in [0.2, 0.25) is 0 Å². The zero-order valence-corrected chi connectivity index (χ0v) is 6.07. The first-order valence-electron chi connectivity index (χ1n) is 2.81. The standard InChI is InChI=1S/C5H7BNOS/c1-2-7-4(8)3-9-5(7)6/h2-3H2,1H3. The van der Waals surface area contributed by atoms with Crippen LogP contribution in [0, 0.1) is 0 Å². The molecule has 0 aromatic carbocycles. The molecule has 1 aliphatic heterocycles. The van der Waals surface area contributed by atoms with Crippen LogP contribution < -0.4 is 0 Å². The van der Waals surface area contributed by atoms with Crippen LogP contribution in [0.2, 0.25) is 0 Å². The Morgan fingerprint density at radius 3 is 2.78 bits per heavy atom. The number of thioether (sulfide) groups is 1. The van der Waals surface area contributed by atoms with Gasteiger partial charge in [0.15, 0.2) is 0 Å². The van der Waals surface area contributed by atoms with E-state index in [0.29, 0.717) is 17.2 Å². The van der Waals surface area contributed by atoms with Crippen LogP contribution in [0.5, 0.6) is 0 Å². The van der Waals surface area contributed by atoms with Crippen LogP contribution in [0.25, 0.3) is 0 Å². The summed E-state index contributed by atoms with van der Waals surface area (Å²) >= 11 is 1.41. The molecule has 2 nitrogen and oxygen atoms in total. The summed E-state index contributed by atoms with van der Waals surface area (Å²) in [6.07, 6.45) is 0. The van der Waals surface area contributed by atoms with Crippen LogP contribution in [0.3, 0.4) is 0 Å². The molecule has 1 radical (unpaired) electrons. The van der Waals surface area contributed by atoms with Gasteiger partial charge in [-0.15, -0.1) is 0 Å². The van der Waals surface area contributed by atoms with Gasteiger partial charge in [0.25, 0.3) is 0 Å². The molecule has 9 heavy (non-hydrogen) atoms. The van der Waals surface area contributed by atoms with Crippen LogP contribution in [0.4, 0.5) is 0 Å². The van der Waals surface area contributed by atoms with Gasteiger partial charge in [-0.25, -0.2) is 0 Å². The Bertz CT molecular complexity index is 143. The van der Waals surface area contributed by atoms with E-state index in [4.69, 9.17) is 7.49 Å². The zero-order valence-electron chi connectivity index (χ0n) is 5.26. The molecular weight excluding hydrogens is 133 g/mol. The number of nitrogens with zero attached hydrogens (tertiary/aromatic N) is 1. The summed E-state index contributed by atoms with van der Waals surface area (Å²) in [6, 6.07) is 0. The Labute approximate surface area is 59.7 Å². The summed E-state index contributed by atoms with van der Waals surface area (Å²) in [5.74, 6) is 0.639. The summed E-state index contributed by atoms with van der Waals surface area (Å²) in [4.78, 5) is 13.0. The van der Waals surface area contributed by atoms with Crippen molar-refractivity contribution in [2.24, 2.45) is 0 Å². The number of carbonyl (C=O) groups excluding carboxylic acids is 1. The fraction of sp³-hybridized carbons (Fsp3) is 0.600. The summed E-state index contributed by atoms with van der Waals surface area (Å²) in [5, 5.41) is 0. The van der Waals surface area contributed by atoms with Crippen LogP contribution >= 0.6 is 11.8 Å². The molecule has 0 atom stereocenters. The fourth-order valence-electron chi connectivity index (χ4n) is 0.747. The van der Waals surface area contributed by atoms with Gasteiger partial charge < -0.3 is 0 Å². The quantitative estimate of drug-likeness (QED) is 0.471. The topological polar surface area (TPSA) is 20.3 Å². The molecular formula is C5H7BNOS. The molecule has 1 saturated heterocycles. The molecule has 1 rings (SSSR count). The first-order valence-corrected chi connectivity index (χ1v) is 3.80. The van der Waals surface area contributed by atoms with E-state index in [9.17, 15) is 4.79 Å². The Balaban J connectivity index is 2.66. The van der Waals surface area contributed by atoms with Gasteiger partial charge in [0.05, 0.1) is 0 Å². The number of amides is 1. The predicted molar refractivity (Wildman–Crippen MR) is 40.6 cm³/mol. The van der Waals surface area contributed by atoms with E-state index in [1.54, 1.807) is 4.90 Å². The summed E-state index contributed by atoms with van der Waals surface area (Å²) < 4.78 is 0. The molecule has 0 bridgehead atoms. The third-order valence-corrected chi connectivity index (χ3v) is 2.13. The molecule has 0 unspecified atom stereocenters. The molecule has 1 amide bonds. The van der Waals surface area contributed by atoms with Crippen molar-refractivity contribution >= 4 is 30.1 Å². The third kappa shape index (κ3) is 1.18. The third-order valence-electron chi connectivity index (χ3n) is 1.23. The molecule has 0 aromatic rings. The van der Waals surface area contributed by atoms with E-state index in [-0.39, 0.29) is 5.91 Å². The summed E-state index contributed by atoms with van der Waals surface area (Å²) in [6.45, 7) is 2.61. The van der Waals surface area contributed by atoms with Crippen molar-refractivity contribution in [3.05, 3.63) is 0 Å². The van der Waals surface area contributed by atoms with Gasteiger partial charge in [-0.05, 0) is 0 Å². The molecule has 0 saturated carbocycles. The SMILES string of the molecule is [B]=C1SCC(=O)N1CC. The van der Waals surface area contributed by atoms with Crippen LogP contribution in [-0.2, 0) is 4.79 Å². The van der Waals surface area contributed by atoms with E-state index in [2.05, 4.69) is 0 Å². The Morgan fingerprint density at radius 2 is 2.56 bits per heavy atom. The van der Waals surface area contributed by atoms with Crippen molar-refractivity contribution in [1.82, 2.24) is 4.90 Å². The van der Waals surface area contributed by atoms with Crippen molar-refractivity contribution in [2.45, 2.75) is 6.92 Å². The molecule has 1 fully saturated rings. The van der Waals surface area contributed by atoms with Crippen molar-refractivity contribution in [1.29, 1.82) is 0 Å². The minimum atomic E-state index is 0.125. The number of rotatable bonds is 1. The van der Waals surface area contributed by atoms with Crippen LogP contribution in [0.1, 0.15) is 6.92 Å². The van der Waals surface area contributed by atoms with E-state index in [0.717, 1.165) is 0 Å². The molecule has 47 valence electrons. The molecule has 0 N–H and O–H groups in total.